The van der Waals surface area contributed by atoms with Crippen molar-refractivity contribution in [3.8, 4) is 0 Å². The molecule has 1 aliphatic heterocycles. The van der Waals surface area contributed by atoms with Crippen LogP contribution in [0.4, 0.5) is 4.79 Å². The zero-order valence-electron chi connectivity index (χ0n) is 15.8. The summed E-state index contributed by atoms with van der Waals surface area (Å²) in [6.45, 7) is 3.74. The van der Waals surface area contributed by atoms with E-state index in [2.05, 4.69) is 11.5 Å². The molecule has 0 spiro atoms. The molecule has 2 heterocycles. The van der Waals surface area contributed by atoms with Gasteiger partial charge in [-0.05, 0) is 38.3 Å². The predicted octanol–water partition coefficient (Wildman–Crippen LogP) is 3.35. The van der Waals surface area contributed by atoms with Crippen molar-refractivity contribution >= 4 is 22.9 Å². The standard InChI is InChI=1S/C20H27N3O3/c1-4-22-17-11-6-5-9-15(17)13-18(22)19(24)23-12-8-7-10-16(23)14-26-20(25)21(2)3/h5-6,9,11,13,16H,4,7-8,10,12,14H2,1-3H3. The van der Waals surface area contributed by atoms with Crippen LogP contribution < -0.4 is 0 Å². The lowest BCUT2D eigenvalue weighted by atomic mass is 10.0. The van der Waals surface area contributed by atoms with Crippen LogP contribution in [0.3, 0.4) is 0 Å². The molecule has 140 valence electrons. The Morgan fingerprint density at radius 3 is 2.73 bits per heavy atom. The topological polar surface area (TPSA) is 54.8 Å². The monoisotopic (exact) mass is 357 g/mol. The molecule has 2 aromatic rings. The SMILES string of the molecule is CCn1c(C(=O)N2CCCCC2COC(=O)N(C)C)cc2ccccc21. The molecule has 2 amide bonds. The van der Waals surface area contributed by atoms with Gasteiger partial charge >= 0.3 is 6.09 Å². The second-order valence-electron chi connectivity index (χ2n) is 6.95. The highest BCUT2D eigenvalue weighted by molar-refractivity contribution is 5.99. The Morgan fingerprint density at radius 1 is 1.23 bits per heavy atom. The normalized spacial score (nSPS) is 17.3. The van der Waals surface area contributed by atoms with Gasteiger partial charge in [0.1, 0.15) is 12.3 Å². The number of nitrogens with zero attached hydrogens (tertiary/aromatic N) is 3. The van der Waals surface area contributed by atoms with Gasteiger partial charge in [-0.3, -0.25) is 4.79 Å². The number of carbonyl (C=O) groups excluding carboxylic acids is 2. The molecule has 6 heteroatoms. The highest BCUT2D eigenvalue weighted by atomic mass is 16.6. The number of aromatic nitrogens is 1. The Kier molecular flexibility index (Phi) is 5.49. The second-order valence-corrected chi connectivity index (χ2v) is 6.95. The number of benzene rings is 1. The van der Waals surface area contributed by atoms with E-state index in [9.17, 15) is 9.59 Å². The Hall–Kier alpha value is -2.50. The van der Waals surface area contributed by atoms with E-state index in [0.717, 1.165) is 36.7 Å². The third kappa shape index (κ3) is 3.54. The van der Waals surface area contributed by atoms with E-state index in [1.54, 1.807) is 14.1 Å². The van der Waals surface area contributed by atoms with Gasteiger partial charge in [0.15, 0.2) is 0 Å². The lowest BCUT2D eigenvalue weighted by Gasteiger charge is -2.35. The second kappa shape index (κ2) is 7.81. The van der Waals surface area contributed by atoms with Crippen molar-refractivity contribution in [2.45, 2.75) is 38.8 Å². The fourth-order valence-electron chi connectivity index (χ4n) is 3.61. The van der Waals surface area contributed by atoms with E-state index in [1.165, 1.54) is 4.90 Å². The van der Waals surface area contributed by atoms with Crippen molar-refractivity contribution < 1.29 is 14.3 Å². The zero-order valence-corrected chi connectivity index (χ0v) is 15.8. The van der Waals surface area contributed by atoms with E-state index in [-0.39, 0.29) is 24.6 Å². The lowest BCUT2D eigenvalue weighted by Crippen LogP contribution is -2.47. The van der Waals surface area contributed by atoms with Gasteiger partial charge in [-0.25, -0.2) is 4.79 Å². The van der Waals surface area contributed by atoms with Gasteiger partial charge < -0.3 is 19.1 Å². The number of amides is 2. The summed E-state index contributed by atoms with van der Waals surface area (Å²) >= 11 is 0. The minimum Gasteiger partial charge on any atom is -0.447 e. The molecule has 1 aromatic carbocycles. The van der Waals surface area contributed by atoms with Crippen LogP contribution in [0, 0.1) is 0 Å². The molecule has 1 saturated heterocycles. The summed E-state index contributed by atoms with van der Waals surface area (Å²) in [5, 5.41) is 1.07. The molecular formula is C20H27N3O3. The van der Waals surface area contributed by atoms with Crippen molar-refractivity contribution in [3.63, 3.8) is 0 Å². The quantitative estimate of drug-likeness (QED) is 0.843. The zero-order chi connectivity index (χ0) is 18.7. The Labute approximate surface area is 154 Å². The summed E-state index contributed by atoms with van der Waals surface area (Å²) in [6.07, 6.45) is 2.52. The van der Waals surface area contributed by atoms with Crippen LogP contribution in [0.25, 0.3) is 10.9 Å². The molecule has 1 aromatic heterocycles. The third-order valence-corrected chi connectivity index (χ3v) is 5.00. The van der Waals surface area contributed by atoms with Crippen LogP contribution in [0.1, 0.15) is 36.7 Å². The first-order chi connectivity index (χ1) is 12.5. The van der Waals surface area contributed by atoms with Crippen LogP contribution in [-0.2, 0) is 11.3 Å². The number of rotatable bonds is 4. The average molecular weight is 357 g/mol. The molecule has 6 nitrogen and oxygen atoms in total. The molecule has 1 atom stereocenters. The van der Waals surface area contributed by atoms with E-state index >= 15 is 0 Å². The van der Waals surface area contributed by atoms with Crippen LogP contribution >= 0.6 is 0 Å². The summed E-state index contributed by atoms with van der Waals surface area (Å²) in [7, 11) is 3.32. The minimum absolute atomic E-state index is 0.0219. The third-order valence-electron chi connectivity index (χ3n) is 5.00. The molecule has 0 saturated carbocycles. The summed E-state index contributed by atoms with van der Waals surface area (Å²) in [5.74, 6) is 0.0219. The van der Waals surface area contributed by atoms with E-state index in [4.69, 9.17) is 4.74 Å². The number of para-hydroxylation sites is 1. The summed E-state index contributed by atoms with van der Waals surface area (Å²) in [5.41, 5.74) is 1.78. The first-order valence-corrected chi connectivity index (χ1v) is 9.26. The number of aryl methyl sites for hydroxylation is 1. The predicted molar refractivity (Wildman–Crippen MR) is 101 cm³/mol. The van der Waals surface area contributed by atoms with Crippen LogP contribution in [0.5, 0.6) is 0 Å². The van der Waals surface area contributed by atoms with Crippen LogP contribution in [0.15, 0.2) is 30.3 Å². The number of carbonyl (C=O) groups is 2. The van der Waals surface area contributed by atoms with Crippen LogP contribution in [-0.4, -0.2) is 59.7 Å². The maximum atomic E-state index is 13.3. The number of likely N-dealkylation sites (tertiary alicyclic amines) is 1. The van der Waals surface area contributed by atoms with Crippen molar-refractivity contribution in [1.82, 2.24) is 14.4 Å². The van der Waals surface area contributed by atoms with E-state index in [1.807, 2.05) is 35.2 Å². The molecule has 0 radical (unpaired) electrons. The fourth-order valence-corrected chi connectivity index (χ4v) is 3.61. The van der Waals surface area contributed by atoms with Gasteiger partial charge in [-0.2, -0.15) is 0 Å². The van der Waals surface area contributed by atoms with Gasteiger partial charge in [-0.1, -0.05) is 18.2 Å². The Bertz CT molecular complexity index is 797. The molecule has 3 rings (SSSR count). The fraction of sp³-hybridized carbons (Fsp3) is 0.500. The lowest BCUT2D eigenvalue weighted by molar-refractivity contribution is 0.0399. The van der Waals surface area contributed by atoms with Crippen molar-refractivity contribution in [2.24, 2.45) is 0 Å². The van der Waals surface area contributed by atoms with Gasteiger partial charge in [0.2, 0.25) is 0 Å². The number of piperidine rings is 1. The molecule has 26 heavy (non-hydrogen) atoms. The molecule has 1 fully saturated rings. The highest BCUT2D eigenvalue weighted by Gasteiger charge is 2.30. The molecule has 1 aliphatic rings. The molecule has 1 unspecified atom stereocenters. The first kappa shape index (κ1) is 18.3. The molecule has 0 aliphatic carbocycles. The van der Waals surface area contributed by atoms with Crippen molar-refractivity contribution in [1.29, 1.82) is 0 Å². The first-order valence-electron chi connectivity index (χ1n) is 9.26. The summed E-state index contributed by atoms with van der Waals surface area (Å²) < 4.78 is 7.43. The van der Waals surface area contributed by atoms with Crippen LogP contribution in [0.2, 0.25) is 0 Å². The summed E-state index contributed by atoms with van der Waals surface area (Å²) in [4.78, 5) is 28.3. The molecular weight excluding hydrogens is 330 g/mol. The Morgan fingerprint density at radius 2 is 2.00 bits per heavy atom. The number of hydrogen-bond acceptors (Lipinski definition) is 3. The van der Waals surface area contributed by atoms with Crippen molar-refractivity contribution in [2.75, 3.05) is 27.2 Å². The maximum Gasteiger partial charge on any atom is 0.409 e. The largest absolute Gasteiger partial charge is 0.447 e. The smallest absolute Gasteiger partial charge is 0.409 e. The Balaban J connectivity index is 1.83. The number of hydrogen-bond donors (Lipinski definition) is 0. The average Bonchev–Trinajstić information content (AvgIpc) is 3.04. The highest BCUT2D eigenvalue weighted by Crippen LogP contribution is 2.25. The van der Waals surface area contributed by atoms with Gasteiger partial charge in [0, 0.05) is 38.1 Å². The van der Waals surface area contributed by atoms with Gasteiger partial charge in [0.25, 0.3) is 5.91 Å². The minimum atomic E-state index is -0.370. The van der Waals surface area contributed by atoms with E-state index in [0.29, 0.717) is 12.2 Å². The number of ether oxygens (including phenoxy) is 1. The molecule has 0 N–H and O–H groups in total. The van der Waals surface area contributed by atoms with Crippen molar-refractivity contribution in [3.05, 3.63) is 36.0 Å². The summed E-state index contributed by atoms with van der Waals surface area (Å²) in [6, 6.07) is 9.96. The van der Waals surface area contributed by atoms with Gasteiger partial charge in [0.05, 0.1) is 6.04 Å². The maximum absolute atomic E-state index is 13.3. The number of fused-ring (bicyclic) bond motifs is 1. The van der Waals surface area contributed by atoms with E-state index < -0.39 is 0 Å². The van der Waals surface area contributed by atoms with Gasteiger partial charge in [-0.15, -0.1) is 0 Å². The molecule has 0 bridgehead atoms.